The number of anilines is 2. The Bertz CT molecular complexity index is 637. The molecule has 150 valence electrons. The standard InChI is InChI=1S/C22H32N2O2.H2S/c1-2-3-11-20(14-15-25)24-21-17-19(23)12-13-22(21)26-16-7-10-18-8-5-4-6-9-18;/h4-6,8-9,12-13,17,20,24-25H,2-3,7,10-11,14-16,23H2,1H3;1H2/t20-;/m0./s1. The number of benzene rings is 2. The maximum atomic E-state index is 9.32. The quantitative estimate of drug-likeness (QED) is 0.361. The molecule has 2 rings (SSSR count). The van der Waals surface area contributed by atoms with Crippen LogP contribution >= 0.6 is 13.5 Å². The molecule has 0 saturated carbocycles. The number of aryl methyl sites for hydroxylation is 1. The van der Waals surface area contributed by atoms with E-state index in [4.69, 9.17) is 10.5 Å². The first-order valence-electron chi connectivity index (χ1n) is 9.66. The summed E-state index contributed by atoms with van der Waals surface area (Å²) in [6, 6.07) is 16.4. The number of hydrogen-bond donors (Lipinski definition) is 3. The van der Waals surface area contributed by atoms with Gasteiger partial charge in [0.05, 0.1) is 12.3 Å². The van der Waals surface area contributed by atoms with Crippen LogP contribution in [-0.2, 0) is 6.42 Å². The number of unbranched alkanes of at least 4 members (excludes halogenated alkanes) is 1. The molecule has 0 aliphatic rings. The molecule has 0 fully saturated rings. The van der Waals surface area contributed by atoms with E-state index in [1.54, 1.807) is 0 Å². The van der Waals surface area contributed by atoms with Crippen LogP contribution in [0.1, 0.15) is 44.6 Å². The summed E-state index contributed by atoms with van der Waals surface area (Å²) in [6.45, 7) is 3.02. The zero-order valence-electron chi connectivity index (χ0n) is 16.3. The van der Waals surface area contributed by atoms with Gasteiger partial charge >= 0.3 is 0 Å². The highest BCUT2D eigenvalue weighted by atomic mass is 32.1. The number of aliphatic hydroxyl groups excluding tert-OH is 1. The van der Waals surface area contributed by atoms with E-state index in [9.17, 15) is 5.11 Å². The van der Waals surface area contributed by atoms with Gasteiger partial charge in [-0.2, -0.15) is 13.5 Å². The third-order valence-corrected chi connectivity index (χ3v) is 4.46. The monoisotopic (exact) mass is 390 g/mol. The Kier molecular flexibility index (Phi) is 11.5. The predicted octanol–water partition coefficient (Wildman–Crippen LogP) is 4.75. The smallest absolute Gasteiger partial charge is 0.142 e. The topological polar surface area (TPSA) is 67.5 Å². The Morgan fingerprint density at radius 3 is 2.56 bits per heavy atom. The summed E-state index contributed by atoms with van der Waals surface area (Å²) >= 11 is 0. The van der Waals surface area contributed by atoms with Crippen molar-refractivity contribution in [2.45, 2.75) is 51.5 Å². The molecule has 4 N–H and O–H groups in total. The third-order valence-electron chi connectivity index (χ3n) is 4.46. The number of ether oxygens (including phenoxy) is 1. The molecule has 0 spiro atoms. The van der Waals surface area contributed by atoms with Crippen molar-refractivity contribution in [1.82, 2.24) is 0 Å². The van der Waals surface area contributed by atoms with Crippen molar-refractivity contribution >= 4 is 24.9 Å². The van der Waals surface area contributed by atoms with E-state index >= 15 is 0 Å². The SMILES string of the molecule is CCCC[C@@H](CCO)Nc1cc(N)ccc1OCCCc1ccccc1.S. The third kappa shape index (κ3) is 8.59. The minimum absolute atomic E-state index is 0. The number of nitrogens with two attached hydrogens (primary N) is 1. The van der Waals surface area contributed by atoms with Gasteiger partial charge in [-0.1, -0.05) is 50.1 Å². The number of aliphatic hydroxyl groups is 1. The molecular weight excluding hydrogens is 356 g/mol. The van der Waals surface area contributed by atoms with Gasteiger partial charge in [0.2, 0.25) is 0 Å². The highest BCUT2D eigenvalue weighted by molar-refractivity contribution is 7.59. The lowest BCUT2D eigenvalue weighted by Crippen LogP contribution is -2.21. The fourth-order valence-electron chi connectivity index (χ4n) is 3.00. The zero-order valence-corrected chi connectivity index (χ0v) is 17.3. The van der Waals surface area contributed by atoms with Crippen molar-refractivity contribution < 1.29 is 9.84 Å². The summed E-state index contributed by atoms with van der Waals surface area (Å²) < 4.78 is 6.02. The van der Waals surface area contributed by atoms with Crippen LogP contribution in [0, 0.1) is 0 Å². The van der Waals surface area contributed by atoms with Gasteiger partial charge < -0.3 is 20.9 Å². The maximum Gasteiger partial charge on any atom is 0.142 e. The average Bonchev–Trinajstić information content (AvgIpc) is 2.65. The lowest BCUT2D eigenvalue weighted by Gasteiger charge is -2.21. The van der Waals surface area contributed by atoms with Crippen LogP contribution in [0.5, 0.6) is 5.75 Å². The molecule has 0 radical (unpaired) electrons. The summed E-state index contributed by atoms with van der Waals surface area (Å²) in [5.41, 5.74) is 8.92. The van der Waals surface area contributed by atoms with E-state index < -0.39 is 0 Å². The van der Waals surface area contributed by atoms with Gasteiger partial charge in [-0.15, -0.1) is 0 Å². The van der Waals surface area contributed by atoms with Crippen molar-refractivity contribution in [2.75, 3.05) is 24.3 Å². The molecule has 0 aliphatic carbocycles. The second-order valence-corrected chi connectivity index (χ2v) is 6.69. The maximum absolute atomic E-state index is 9.32. The molecule has 0 amide bonds. The van der Waals surface area contributed by atoms with E-state index in [2.05, 4.69) is 36.5 Å². The van der Waals surface area contributed by atoms with Gasteiger partial charge in [0, 0.05) is 18.3 Å². The Balaban J connectivity index is 0.00000364. The molecule has 5 heteroatoms. The zero-order chi connectivity index (χ0) is 18.6. The number of nitrogen functional groups attached to an aromatic ring is 1. The molecule has 27 heavy (non-hydrogen) atoms. The lowest BCUT2D eigenvalue weighted by atomic mass is 10.1. The Morgan fingerprint density at radius 2 is 1.85 bits per heavy atom. The van der Waals surface area contributed by atoms with Crippen LogP contribution in [0.3, 0.4) is 0 Å². The summed E-state index contributed by atoms with van der Waals surface area (Å²) in [4.78, 5) is 0. The molecule has 4 nitrogen and oxygen atoms in total. The highest BCUT2D eigenvalue weighted by Crippen LogP contribution is 2.29. The van der Waals surface area contributed by atoms with Crippen LogP contribution in [0.15, 0.2) is 48.5 Å². The van der Waals surface area contributed by atoms with E-state index in [-0.39, 0.29) is 26.1 Å². The van der Waals surface area contributed by atoms with Crippen molar-refractivity contribution in [3.63, 3.8) is 0 Å². The minimum Gasteiger partial charge on any atom is -0.491 e. The first-order valence-corrected chi connectivity index (χ1v) is 9.66. The molecule has 1 atom stereocenters. The Morgan fingerprint density at radius 1 is 1.07 bits per heavy atom. The summed E-state index contributed by atoms with van der Waals surface area (Å²) in [6.07, 6.45) is 5.99. The lowest BCUT2D eigenvalue weighted by molar-refractivity contribution is 0.275. The second-order valence-electron chi connectivity index (χ2n) is 6.69. The molecule has 0 bridgehead atoms. The normalized spacial score (nSPS) is 11.5. The van der Waals surface area contributed by atoms with Gasteiger partial charge in [-0.05, 0) is 49.4 Å². The number of nitrogens with one attached hydrogen (secondary N) is 1. The van der Waals surface area contributed by atoms with Gasteiger partial charge in [-0.25, -0.2) is 0 Å². The van der Waals surface area contributed by atoms with E-state index in [1.165, 1.54) is 5.56 Å². The van der Waals surface area contributed by atoms with E-state index in [1.807, 2.05) is 24.3 Å². The van der Waals surface area contributed by atoms with Gasteiger partial charge in [-0.3, -0.25) is 0 Å². The van der Waals surface area contributed by atoms with Crippen LogP contribution in [0.2, 0.25) is 0 Å². The van der Waals surface area contributed by atoms with Crippen LogP contribution < -0.4 is 15.8 Å². The fraction of sp³-hybridized carbons (Fsp3) is 0.455. The van der Waals surface area contributed by atoms with Gasteiger partial charge in [0.1, 0.15) is 5.75 Å². The summed E-state index contributed by atoms with van der Waals surface area (Å²) in [5, 5.41) is 12.8. The molecular formula is C22H34N2O2S. The van der Waals surface area contributed by atoms with Crippen LogP contribution in [0.4, 0.5) is 11.4 Å². The second kappa shape index (κ2) is 13.3. The molecule has 0 aliphatic heterocycles. The first-order chi connectivity index (χ1) is 12.7. The predicted molar refractivity (Wildman–Crippen MR) is 120 cm³/mol. The number of hydrogen-bond acceptors (Lipinski definition) is 4. The molecule has 0 heterocycles. The van der Waals surface area contributed by atoms with Crippen molar-refractivity contribution in [3.8, 4) is 5.75 Å². The van der Waals surface area contributed by atoms with Crippen molar-refractivity contribution in [1.29, 1.82) is 0 Å². The van der Waals surface area contributed by atoms with Gasteiger partial charge in [0.25, 0.3) is 0 Å². The van der Waals surface area contributed by atoms with Crippen LogP contribution in [0.25, 0.3) is 0 Å². The average molecular weight is 391 g/mol. The molecule has 2 aromatic rings. The summed E-state index contributed by atoms with van der Waals surface area (Å²) in [5.74, 6) is 0.826. The van der Waals surface area contributed by atoms with Crippen LogP contribution in [-0.4, -0.2) is 24.4 Å². The first kappa shape index (κ1) is 23.2. The number of rotatable bonds is 12. The fourth-order valence-corrected chi connectivity index (χ4v) is 3.00. The van der Waals surface area contributed by atoms with Crippen molar-refractivity contribution in [2.24, 2.45) is 0 Å². The van der Waals surface area contributed by atoms with Gasteiger partial charge in [0.15, 0.2) is 0 Å². The largest absolute Gasteiger partial charge is 0.491 e. The van der Waals surface area contributed by atoms with Crippen molar-refractivity contribution in [3.05, 3.63) is 54.1 Å². The Hall–Kier alpha value is -1.85. The molecule has 0 saturated heterocycles. The van der Waals surface area contributed by atoms with E-state index in [0.29, 0.717) is 12.3 Å². The highest BCUT2D eigenvalue weighted by Gasteiger charge is 2.12. The molecule has 0 unspecified atom stereocenters. The Labute approximate surface area is 170 Å². The van der Waals surface area contributed by atoms with E-state index in [0.717, 1.165) is 50.0 Å². The minimum atomic E-state index is 0. The molecule has 0 aromatic heterocycles. The molecule has 2 aromatic carbocycles. The summed E-state index contributed by atoms with van der Waals surface area (Å²) in [7, 11) is 0.